The van der Waals surface area contributed by atoms with Crippen molar-refractivity contribution in [2.75, 3.05) is 19.7 Å². The molecule has 6 nitrogen and oxygen atoms in total. The highest BCUT2D eigenvalue weighted by atomic mass is 16.5. The Hall–Kier alpha value is -2.08. The van der Waals surface area contributed by atoms with Crippen molar-refractivity contribution in [3.05, 3.63) is 29.3 Å². The van der Waals surface area contributed by atoms with Crippen LogP contribution in [0.4, 0.5) is 0 Å². The molecule has 6 heteroatoms. The Morgan fingerprint density at radius 1 is 1.36 bits per heavy atom. The zero-order valence-electron chi connectivity index (χ0n) is 15.3. The summed E-state index contributed by atoms with van der Waals surface area (Å²) in [5.74, 6) is 0.0186. The molecule has 138 valence electrons. The minimum atomic E-state index is -0.926. The first-order valence-electron chi connectivity index (χ1n) is 8.67. The Morgan fingerprint density at radius 3 is 2.72 bits per heavy atom. The highest BCUT2D eigenvalue weighted by molar-refractivity contribution is 5.81. The van der Waals surface area contributed by atoms with Gasteiger partial charge in [0.1, 0.15) is 5.75 Å². The lowest BCUT2D eigenvalue weighted by molar-refractivity contribution is -0.151. The van der Waals surface area contributed by atoms with Crippen LogP contribution in [0.1, 0.15) is 44.2 Å². The standard InChI is InChI=1S/C19H27NO5/c1-12(2)15-6-5-13(3)17(9-15)25-14(4)19(23)20-7-8-24-16(11-20)10-18(21)22/h5-6,9,12,14,16H,7-8,10-11H2,1-4H3,(H,21,22). The predicted molar refractivity (Wildman–Crippen MR) is 93.9 cm³/mol. The number of morpholine rings is 1. The van der Waals surface area contributed by atoms with E-state index < -0.39 is 18.2 Å². The molecule has 1 aliphatic rings. The fourth-order valence-corrected chi connectivity index (χ4v) is 2.84. The van der Waals surface area contributed by atoms with Gasteiger partial charge in [0.05, 0.1) is 19.1 Å². The van der Waals surface area contributed by atoms with E-state index in [4.69, 9.17) is 14.6 Å². The summed E-state index contributed by atoms with van der Waals surface area (Å²) >= 11 is 0. The van der Waals surface area contributed by atoms with E-state index in [-0.39, 0.29) is 18.9 Å². The van der Waals surface area contributed by atoms with Crippen LogP contribution >= 0.6 is 0 Å². The molecule has 1 aromatic carbocycles. The predicted octanol–water partition coefficient (Wildman–Crippen LogP) is 2.59. The molecule has 0 aromatic heterocycles. The van der Waals surface area contributed by atoms with Crippen LogP contribution in [0.15, 0.2) is 18.2 Å². The lowest BCUT2D eigenvalue weighted by atomic mass is 10.0. The van der Waals surface area contributed by atoms with Crippen LogP contribution in [0.25, 0.3) is 0 Å². The van der Waals surface area contributed by atoms with Crippen molar-refractivity contribution in [2.45, 2.75) is 52.2 Å². The van der Waals surface area contributed by atoms with Gasteiger partial charge in [0, 0.05) is 13.1 Å². The van der Waals surface area contributed by atoms with Crippen molar-refractivity contribution in [1.82, 2.24) is 4.90 Å². The second kappa shape index (κ2) is 8.34. The van der Waals surface area contributed by atoms with Gasteiger partial charge in [-0.1, -0.05) is 26.0 Å². The summed E-state index contributed by atoms with van der Waals surface area (Å²) in [6.07, 6.45) is -1.20. The largest absolute Gasteiger partial charge is 0.481 e. The minimum absolute atomic E-state index is 0.103. The number of benzene rings is 1. The van der Waals surface area contributed by atoms with Gasteiger partial charge in [-0.15, -0.1) is 0 Å². The Bertz CT molecular complexity index is 628. The second-order valence-corrected chi connectivity index (χ2v) is 6.81. The molecule has 0 saturated carbocycles. The maximum Gasteiger partial charge on any atom is 0.306 e. The number of carboxylic acid groups (broad SMARTS) is 1. The molecule has 1 aromatic rings. The van der Waals surface area contributed by atoms with Gasteiger partial charge in [0.15, 0.2) is 6.10 Å². The normalized spacial score (nSPS) is 18.9. The number of amides is 1. The molecular formula is C19H27NO5. The molecule has 1 amide bonds. The molecule has 1 aliphatic heterocycles. The van der Waals surface area contributed by atoms with Gasteiger partial charge in [0.2, 0.25) is 0 Å². The van der Waals surface area contributed by atoms with Crippen LogP contribution in [-0.2, 0) is 14.3 Å². The van der Waals surface area contributed by atoms with Gasteiger partial charge in [-0.3, -0.25) is 9.59 Å². The average Bonchev–Trinajstić information content (AvgIpc) is 2.55. The first-order chi connectivity index (χ1) is 11.8. The van der Waals surface area contributed by atoms with Crippen molar-refractivity contribution in [3.8, 4) is 5.75 Å². The summed E-state index contributed by atoms with van der Waals surface area (Å²) in [5.41, 5.74) is 2.14. The number of carbonyl (C=O) groups is 2. The smallest absolute Gasteiger partial charge is 0.306 e. The molecular weight excluding hydrogens is 322 g/mol. The summed E-state index contributed by atoms with van der Waals surface area (Å²) in [4.78, 5) is 25.1. The number of carboxylic acids is 1. The topological polar surface area (TPSA) is 76.1 Å². The molecule has 0 radical (unpaired) electrons. The van der Waals surface area contributed by atoms with Gasteiger partial charge in [-0.25, -0.2) is 0 Å². The van der Waals surface area contributed by atoms with E-state index in [1.165, 1.54) is 0 Å². The van der Waals surface area contributed by atoms with Crippen LogP contribution < -0.4 is 4.74 Å². The number of ether oxygens (including phenoxy) is 2. The highest BCUT2D eigenvalue weighted by Gasteiger charge is 2.29. The van der Waals surface area contributed by atoms with Crippen LogP contribution in [0, 0.1) is 6.92 Å². The quantitative estimate of drug-likeness (QED) is 0.854. The molecule has 1 N–H and O–H groups in total. The summed E-state index contributed by atoms with van der Waals surface area (Å²) < 4.78 is 11.3. The molecule has 1 heterocycles. The second-order valence-electron chi connectivity index (χ2n) is 6.81. The maximum absolute atomic E-state index is 12.7. The summed E-state index contributed by atoms with van der Waals surface area (Å²) in [5, 5.41) is 8.89. The van der Waals surface area contributed by atoms with Gasteiger partial charge in [0.25, 0.3) is 5.91 Å². The monoisotopic (exact) mass is 349 g/mol. The number of hydrogen-bond acceptors (Lipinski definition) is 4. The number of aliphatic carboxylic acids is 1. The van der Waals surface area contributed by atoms with E-state index in [0.717, 1.165) is 11.1 Å². The van der Waals surface area contributed by atoms with E-state index in [1.807, 2.05) is 19.1 Å². The van der Waals surface area contributed by atoms with Crippen molar-refractivity contribution >= 4 is 11.9 Å². The number of carbonyl (C=O) groups excluding carboxylic acids is 1. The molecule has 1 saturated heterocycles. The van der Waals surface area contributed by atoms with E-state index >= 15 is 0 Å². The molecule has 2 atom stereocenters. The first-order valence-corrected chi connectivity index (χ1v) is 8.67. The van der Waals surface area contributed by atoms with Gasteiger partial charge in [-0.2, -0.15) is 0 Å². The fraction of sp³-hybridized carbons (Fsp3) is 0.579. The zero-order chi connectivity index (χ0) is 18.6. The summed E-state index contributed by atoms with van der Waals surface area (Å²) in [6, 6.07) is 6.05. The van der Waals surface area contributed by atoms with Gasteiger partial charge >= 0.3 is 5.97 Å². The van der Waals surface area contributed by atoms with E-state index in [9.17, 15) is 9.59 Å². The Morgan fingerprint density at radius 2 is 2.08 bits per heavy atom. The SMILES string of the molecule is Cc1ccc(C(C)C)cc1OC(C)C(=O)N1CCOC(CC(=O)O)C1. The molecule has 0 bridgehead atoms. The number of aryl methyl sites for hydroxylation is 1. The third kappa shape index (κ3) is 5.19. The van der Waals surface area contributed by atoms with Crippen LogP contribution in [0.5, 0.6) is 5.75 Å². The van der Waals surface area contributed by atoms with Crippen molar-refractivity contribution in [1.29, 1.82) is 0 Å². The third-order valence-electron chi connectivity index (χ3n) is 4.38. The van der Waals surface area contributed by atoms with Crippen molar-refractivity contribution < 1.29 is 24.2 Å². The lowest BCUT2D eigenvalue weighted by Gasteiger charge is -2.34. The van der Waals surface area contributed by atoms with E-state index in [1.54, 1.807) is 11.8 Å². The minimum Gasteiger partial charge on any atom is -0.481 e. The highest BCUT2D eigenvalue weighted by Crippen LogP contribution is 2.25. The number of nitrogens with zero attached hydrogens (tertiary/aromatic N) is 1. The Kier molecular flexibility index (Phi) is 6.42. The van der Waals surface area contributed by atoms with Crippen molar-refractivity contribution in [3.63, 3.8) is 0 Å². The van der Waals surface area contributed by atoms with Crippen LogP contribution in [-0.4, -0.2) is 53.8 Å². The first kappa shape index (κ1) is 19.2. The average molecular weight is 349 g/mol. The van der Waals surface area contributed by atoms with Gasteiger partial charge in [-0.05, 0) is 37.0 Å². The van der Waals surface area contributed by atoms with Crippen molar-refractivity contribution in [2.24, 2.45) is 0 Å². The molecule has 0 spiro atoms. The molecule has 0 aliphatic carbocycles. The number of hydrogen-bond donors (Lipinski definition) is 1. The van der Waals surface area contributed by atoms with E-state index in [0.29, 0.717) is 24.8 Å². The summed E-state index contributed by atoms with van der Waals surface area (Å²) in [6.45, 7) is 8.98. The maximum atomic E-state index is 12.7. The summed E-state index contributed by atoms with van der Waals surface area (Å²) in [7, 11) is 0. The van der Waals surface area contributed by atoms with Crippen LogP contribution in [0.3, 0.4) is 0 Å². The fourth-order valence-electron chi connectivity index (χ4n) is 2.84. The molecule has 25 heavy (non-hydrogen) atoms. The lowest BCUT2D eigenvalue weighted by Crippen LogP contribution is -2.50. The Labute approximate surface area is 148 Å². The zero-order valence-corrected chi connectivity index (χ0v) is 15.3. The molecule has 2 unspecified atom stereocenters. The Balaban J connectivity index is 2.02. The number of rotatable bonds is 6. The molecule has 1 fully saturated rings. The van der Waals surface area contributed by atoms with Gasteiger partial charge < -0.3 is 19.5 Å². The third-order valence-corrected chi connectivity index (χ3v) is 4.38. The van der Waals surface area contributed by atoms with E-state index in [2.05, 4.69) is 19.9 Å². The molecule has 2 rings (SSSR count). The van der Waals surface area contributed by atoms with Crippen LogP contribution in [0.2, 0.25) is 0 Å².